The maximum absolute atomic E-state index is 12.4. The Morgan fingerprint density at radius 2 is 2.11 bits per heavy atom. The molecule has 108 valence electrons. The molecule has 6 nitrogen and oxygen atoms in total. The summed E-state index contributed by atoms with van der Waals surface area (Å²) in [6.45, 7) is 1.64. The fraction of sp³-hybridized carbons (Fsp3) is 0.727. The van der Waals surface area contributed by atoms with Crippen molar-refractivity contribution in [1.82, 2.24) is 14.1 Å². The van der Waals surface area contributed by atoms with Crippen molar-refractivity contribution in [3.63, 3.8) is 0 Å². The highest BCUT2D eigenvalue weighted by Gasteiger charge is 2.37. The fourth-order valence-electron chi connectivity index (χ4n) is 2.31. The number of aromatic nitrogens is 2. The quantitative estimate of drug-likeness (QED) is 0.863. The number of hydrogen-bond acceptors (Lipinski definition) is 5. The van der Waals surface area contributed by atoms with Crippen LogP contribution in [0.1, 0.15) is 12.8 Å². The summed E-state index contributed by atoms with van der Waals surface area (Å²) < 4.78 is 27.9. The third-order valence-electron chi connectivity index (χ3n) is 3.76. The zero-order chi connectivity index (χ0) is 14.1. The van der Waals surface area contributed by atoms with E-state index < -0.39 is 10.0 Å². The normalized spacial score (nSPS) is 20.6. The van der Waals surface area contributed by atoms with E-state index in [0.29, 0.717) is 19.6 Å². The lowest BCUT2D eigenvalue weighted by Crippen LogP contribution is -2.48. The summed E-state index contributed by atoms with van der Waals surface area (Å²) in [4.78, 5) is 0.263. The molecule has 2 N–H and O–H groups in total. The molecule has 1 aromatic heterocycles. The van der Waals surface area contributed by atoms with Crippen LogP contribution in [-0.2, 0) is 17.1 Å². The van der Waals surface area contributed by atoms with E-state index in [1.807, 2.05) is 6.26 Å². The van der Waals surface area contributed by atoms with E-state index in [0.717, 1.165) is 12.8 Å². The van der Waals surface area contributed by atoms with E-state index in [4.69, 9.17) is 5.73 Å². The molecule has 1 saturated heterocycles. The average Bonchev–Trinajstić information content (AvgIpc) is 2.86. The van der Waals surface area contributed by atoms with E-state index in [1.54, 1.807) is 18.8 Å². The van der Waals surface area contributed by atoms with Crippen molar-refractivity contribution in [2.45, 2.75) is 22.5 Å². The molecule has 0 radical (unpaired) electrons. The molecule has 1 aliphatic rings. The second-order valence-electron chi connectivity index (χ2n) is 4.85. The fourth-order valence-corrected chi connectivity index (χ4v) is 4.49. The van der Waals surface area contributed by atoms with Gasteiger partial charge in [0.1, 0.15) is 4.90 Å². The Morgan fingerprint density at radius 1 is 1.47 bits per heavy atom. The summed E-state index contributed by atoms with van der Waals surface area (Å²) in [5.41, 5.74) is 5.82. The Bertz CT molecular complexity index is 527. The summed E-state index contributed by atoms with van der Waals surface area (Å²) in [7, 11) is -1.70. The number of hydrogen-bond donors (Lipinski definition) is 1. The highest BCUT2D eigenvalue weighted by Crippen LogP contribution is 2.35. The Hall–Kier alpha value is -0.570. The highest BCUT2D eigenvalue weighted by molar-refractivity contribution is 8.00. The van der Waals surface area contributed by atoms with Gasteiger partial charge in [0.25, 0.3) is 0 Å². The number of thioether (sulfide) groups is 1. The molecule has 0 spiro atoms. The van der Waals surface area contributed by atoms with Crippen LogP contribution >= 0.6 is 11.8 Å². The SMILES string of the molecule is CSC1(CN)CCN(S(=O)(=O)c2cnn(C)c2)CC1. The third kappa shape index (κ3) is 2.81. The van der Waals surface area contributed by atoms with Crippen LogP contribution in [0.4, 0.5) is 0 Å². The van der Waals surface area contributed by atoms with Gasteiger partial charge in [-0.3, -0.25) is 4.68 Å². The summed E-state index contributed by atoms with van der Waals surface area (Å²) in [6, 6.07) is 0. The zero-order valence-electron chi connectivity index (χ0n) is 11.2. The molecule has 2 heterocycles. The van der Waals surface area contributed by atoms with Crippen LogP contribution in [0.15, 0.2) is 17.3 Å². The Morgan fingerprint density at radius 3 is 2.53 bits per heavy atom. The molecule has 1 aliphatic heterocycles. The maximum atomic E-state index is 12.4. The molecule has 2 rings (SSSR count). The number of sulfonamides is 1. The van der Waals surface area contributed by atoms with Crippen LogP contribution < -0.4 is 5.73 Å². The molecule has 0 aromatic carbocycles. The first-order chi connectivity index (χ1) is 8.93. The van der Waals surface area contributed by atoms with Gasteiger partial charge in [-0.1, -0.05) is 0 Å². The zero-order valence-corrected chi connectivity index (χ0v) is 12.9. The van der Waals surface area contributed by atoms with Gasteiger partial charge in [0.2, 0.25) is 10.0 Å². The van der Waals surface area contributed by atoms with Crippen molar-refractivity contribution in [3.05, 3.63) is 12.4 Å². The standard InChI is InChI=1S/C11H20N4O2S2/c1-14-8-10(7-13-14)19(16,17)15-5-3-11(9-12,18-2)4-6-15/h7-8H,3-6,9,12H2,1-2H3. The van der Waals surface area contributed by atoms with Crippen LogP contribution in [0, 0.1) is 0 Å². The molecule has 0 atom stereocenters. The van der Waals surface area contributed by atoms with Crippen LogP contribution in [0.5, 0.6) is 0 Å². The van der Waals surface area contributed by atoms with Crippen LogP contribution in [0.3, 0.4) is 0 Å². The number of nitrogens with two attached hydrogens (primary N) is 1. The predicted molar refractivity (Wildman–Crippen MR) is 76.5 cm³/mol. The van der Waals surface area contributed by atoms with Crippen LogP contribution in [0.25, 0.3) is 0 Å². The van der Waals surface area contributed by atoms with Gasteiger partial charge < -0.3 is 5.73 Å². The molecule has 0 saturated carbocycles. The number of piperidine rings is 1. The topological polar surface area (TPSA) is 81.2 Å². The third-order valence-corrected chi connectivity index (χ3v) is 7.05. The van der Waals surface area contributed by atoms with E-state index >= 15 is 0 Å². The Balaban J connectivity index is 2.13. The number of aryl methyl sites for hydroxylation is 1. The molecule has 0 bridgehead atoms. The minimum Gasteiger partial charge on any atom is -0.329 e. The number of nitrogens with zero attached hydrogens (tertiary/aromatic N) is 3. The first-order valence-corrected chi connectivity index (χ1v) is 8.84. The largest absolute Gasteiger partial charge is 0.329 e. The molecule has 1 aromatic rings. The van der Waals surface area contributed by atoms with Crippen LogP contribution in [-0.4, -0.2) is 53.1 Å². The lowest BCUT2D eigenvalue weighted by Gasteiger charge is -2.39. The van der Waals surface area contributed by atoms with Gasteiger partial charge in [-0.25, -0.2) is 8.42 Å². The molecule has 8 heteroatoms. The van der Waals surface area contributed by atoms with E-state index in [2.05, 4.69) is 5.10 Å². The van der Waals surface area contributed by atoms with Crippen molar-refractivity contribution in [1.29, 1.82) is 0 Å². The first kappa shape index (κ1) is 14.8. The van der Waals surface area contributed by atoms with Crippen molar-refractivity contribution >= 4 is 21.8 Å². The average molecular weight is 304 g/mol. The van der Waals surface area contributed by atoms with Crippen molar-refractivity contribution in [2.75, 3.05) is 25.9 Å². The molecule has 0 amide bonds. The summed E-state index contributed by atoms with van der Waals surface area (Å²) >= 11 is 1.74. The van der Waals surface area contributed by atoms with E-state index in [1.165, 1.54) is 21.4 Å². The van der Waals surface area contributed by atoms with E-state index in [9.17, 15) is 8.42 Å². The minimum atomic E-state index is -3.41. The highest BCUT2D eigenvalue weighted by atomic mass is 32.2. The summed E-state index contributed by atoms with van der Waals surface area (Å²) in [5, 5.41) is 3.93. The molecule has 0 aliphatic carbocycles. The second kappa shape index (κ2) is 5.43. The van der Waals surface area contributed by atoms with Gasteiger partial charge in [0.15, 0.2) is 0 Å². The second-order valence-corrected chi connectivity index (χ2v) is 8.06. The molecular formula is C11H20N4O2S2. The van der Waals surface area contributed by atoms with Gasteiger partial charge in [0, 0.05) is 37.6 Å². The predicted octanol–water partition coefficient (Wildman–Crippen LogP) is 0.265. The summed E-state index contributed by atoms with van der Waals surface area (Å²) in [5.74, 6) is 0. The number of rotatable bonds is 4. The van der Waals surface area contributed by atoms with Gasteiger partial charge >= 0.3 is 0 Å². The lowest BCUT2D eigenvalue weighted by molar-refractivity contribution is 0.301. The van der Waals surface area contributed by atoms with E-state index in [-0.39, 0.29) is 9.64 Å². The molecule has 19 heavy (non-hydrogen) atoms. The van der Waals surface area contributed by atoms with Crippen molar-refractivity contribution < 1.29 is 8.42 Å². The van der Waals surface area contributed by atoms with Gasteiger partial charge in [-0.2, -0.15) is 21.2 Å². The van der Waals surface area contributed by atoms with Crippen molar-refractivity contribution in [3.8, 4) is 0 Å². The molecule has 0 unspecified atom stereocenters. The van der Waals surface area contributed by atoms with Crippen molar-refractivity contribution in [2.24, 2.45) is 12.8 Å². The van der Waals surface area contributed by atoms with Gasteiger partial charge in [-0.05, 0) is 19.1 Å². The van der Waals surface area contributed by atoms with Gasteiger partial charge in [0.05, 0.1) is 6.20 Å². The monoisotopic (exact) mass is 304 g/mol. The lowest BCUT2D eigenvalue weighted by atomic mass is 9.97. The molecule has 1 fully saturated rings. The minimum absolute atomic E-state index is 0.0287. The Labute approximate surface area is 118 Å². The first-order valence-electron chi connectivity index (χ1n) is 6.17. The summed E-state index contributed by atoms with van der Waals surface area (Å²) in [6.07, 6.45) is 6.57. The van der Waals surface area contributed by atoms with Gasteiger partial charge in [-0.15, -0.1) is 0 Å². The smallest absolute Gasteiger partial charge is 0.246 e. The van der Waals surface area contributed by atoms with Crippen LogP contribution in [0.2, 0.25) is 0 Å². The molecular weight excluding hydrogens is 284 g/mol. The maximum Gasteiger partial charge on any atom is 0.246 e. The Kier molecular flexibility index (Phi) is 4.24.